The molecule has 0 aromatic carbocycles. The first-order valence-electron chi connectivity index (χ1n) is 4.90. The molecule has 0 bridgehead atoms. The molecule has 1 saturated carbocycles. The quantitative estimate of drug-likeness (QED) is 0.660. The molecule has 0 aromatic rings. The molecule has 0 aromatic heterocycles. The summed E-state index contributed by atoms with van der Waals surface area (Å²) in [6.07, 6.45) is 5.45. The van der Waals surface area contributed by atoms with Gasteiger partial charge in [-0.05, 0) is 31.2 Å². The lowest BCUT2D eigenvalue weighted by Crippen LogP contribution is -2.37. The van der Waals surface area contributed by atoms with E-state index in [1.807, 2.05) is 0 Å². The highest BCUT2D eigenvalue weighted by Gasteiger charge is 2.33. The fourth-order valence-corrected chi connectivity index (χ4v) is 2.02. The molecule has 1 nitrogen and oxygen atoms in total. The molecule has 1 fully saturated rings. The average molecular weight is 155 g/mol. The summed E-state index contributed by atoms with van der Waals surface area (Å²) in [7, 11) is 0. The van der Waals surface area contributed by atoms with Gasteiger partial charge in [0, 0.05) is 6.04 Å². The van der Waals surface area contributed by atoms with Crippen LogP contribution < -0.4 is 5.32 Å². The molecule has 0 saturated heterocycles. The summed E-state index contributed by atoms with van der Waals surface area (Å²) in [6, 6.07) is 0.780. The first kappa shape index (κ1) is 9.05. The van der Waals surface area contributed by atoms with E-state index in [9.17, 15) is 0 Å². The SMILES string of the molecule is CCCNC1CCCC1(C)C. The van der Waals surface area contributed by atoms with E-state index in [2.05, 4.69) is 26.1 Å². The second kappa shape index (κ2) is 3.57. The molecule has 0 aliphatic heterocycles. The van der Waals surface area contributed by atoms with Gasteiger partial charge in [0.05, 0.1) is 0 Å². The molecule has 1 heteroatoms. The first-order chi connectivity index (χ1) is 5.17. The van der Waals surface area contributed by atoms with Gasteiger partial charge in [0.15, 0.2) is 0 Å². The molecular weight excluding hydrogens is 134 g/mol. The topological polar surface area (TPSA) is 12.0 Å². The third-order valence-electron chi connectivity index (χ3n) is 2.90. The van der Waals surface area contributed by atoms with Gasteiger partial charge in [-0.3, -0.25) is 0 Å². The Labute approximate surface area is 70.6 Å². The Morgan fingerprint density at radius 2 is 2.18 bits per heavy atom. The maximum atomic E-state index is 3.62. The minimum absolute atomic E-state index is 0.551. The predicted molar refractivity (Wildman–Crippen MR) is 49.7 cm³/mol. The normalized spacial score (nSPS) is 29.2. The lowest BCUT2D eigenvalue weighted by atomic mass is 9.87. The van der Waals surface area contributed by atoms with Gasteiger partial charge in [0.2, 0.25) is 0 Å². The van der Waals surface area contributed by atoms with Gasteiger partial charge in [-0.2, -0.15) is 0 Å². The Morgan fingerprint density at radius 1 is 1.45 bits per heavy atom. The van der Waals surface area contributed by atoms with Crippen LogP contribution in [-0.4, -0.2) is 12.6 Å². The summed E-state index contributed by atoms with van der Waals surface area (Å²) in [6.45, 7) is 8.18. The van der Waals surface area contributed by atoms with E-state index in [1.165, 1.54) is 32.2 Å². The van der Waals surface area contributed by atoms with Crippen molar-refractivity contribution in [2.45, 2.75) is 52.5 Å². The van der Waals surface area contributed by atoms with Crippen molar-refractivity contribution in [3.8, 4) is 0 Å². The number of rotatable bonds is 3. The van der Waals surface area contributed by atoms with Crippen LogP contribution in [0, 0.1) is 5.41 Å². The molecule has 0 radical (unpaired) electrons. The van der Waals surface area contributed by atoms with Crippen LogP contribution in [0.4, 0.5) is 0 Å². The highest BCUT2D eigenvalue weighted by molar-refractivity contribution is 4.89. The maximum absolute atomic E-state index is 3.62. The second-order valence-corrected chi connectivity index (χ2v) is 4.39. The largest absolute Gasteiger partial charge is 0.313 e. The van der Waals surface area contributed by atoms with Gasteiger partial charge in [-0.25, -0.2) is 0 Å². The summed E-state index contributed by atoms with van der Waals surface area (Å²) in [5.74, 6) is 0. The highest BCUT2D eigenvalue weighted by atomic mass is 14.9. The van der Waals surface area contributed by atoms with Crippen LogP contribution in [0.5, 0.6) is 0 Å². The Kier molecular flexibility index (Phi) is 2.94. The van der Waals surface area contributed by atoms with Gasteiger partial charge in [-0.15, -0.1) is 0 Å². The van der Waals surface area contributed by atoms with E-state index in [1.54, 1.807) is 0 Å². The molecule has 1 N–H and O–H groups in total. The molecule has 0 amide bonds. The zero-order chi connectivity index (χ0) is 8.32. The molecule has 0 spiro atoms. The number of nitrogens with one attached hydrogen (secondary N) is 1. The van der Waals surface area contributed by atoms with Crippen molar-refractivity contribution in [1.82, 2.24) is 5.32 Å². The Morgan fingerprint density at radius 3 is 2.64 bits per heavy atom. The molecule has 1 rings (SSSR count). The van der Waals surface area contributed by atoms with Crippen molar-refractivity contribution in [2.75, 3.05) is 6.54 Å². The first-order valence-corrected chi connectivity index (χ1v) is 4.90. The summed E-state index contributed by atoms with van der Waals surface area (Å²) in [4.78, 5) is 0. The van der Waals surface area contributed by atoms with Crippen LogP contribution >= 0.6 is 0 Å². The maximum Gasteiger partial charge on any atom is 0.0118 e. The Bertz CT molecular complexity index is 118. The van der Waals surface area contributed by atoms with Crippen molar-refractivity contribution in [3.05, 3.63) is 0 Å². The third-order valence-corrected chi connectivity index (χ3v) is 2.90. The van der Waals surface area contributed by atoms with Crippen LogP contribution in [0.3, 0.4) is 0 Å². The van der Waals surface area contributed by atoms with E-state index in [0.717, 1.165) is 6.04 Å². The number of hydrogen-bond donors (Lipinski definition) is 1. The van der Waals surface area contributed by atoms with Crippen LogP contribution in [0.15, 0.2) is 0 Å². The van der Waals surface area contributed by atoms with Gasteiger partial charge >= 0.3 is 0 Å². The van der Waals surface area contributed by atoms with Crippen molar-refractivity contribution in [1.29, 1.82) is 0 Å². The zero-order valence-corrected chi connectivity index (χ0v) is 8.11. The third kappa shape index (κ3) is 2.19. The fourth-order valence-electron chi connectivity index (χ4n) is 2.02. The number of hydrogen-bond acceptors (Lipinski definition) is 1. The summed E-state index contributed by atoms with van der Waals surface area (Å²) >= 11 is 0. The van der Waals surface area contributed by atoms with E-state index in [0.29, 0.717) is 5.41 Å². The average Bonchev–Trinajstić information content (AvgIpc) is 2.25. The minimum Gasteiger partial charge on any atom is -0.313 e. The van der Waals surface area contributed by atoms with Crippen LogP contribution in [0.25, 0.3) is 0 Å². The van der Waals surface area contributed by atoms with E-state index in [4.69, 9.17) is 0 Å². The minimum atomic E-state index is 0.551. The highest BCUT2D eigenvalue weighted by Crippen LogP contribution is 2.36. The molecule has 66 valence electrons. The predicted octanol–water partition coefficient (Wildman–Crippen LogP) is 2.56. The Balaban J connectivity index is 2.32. The molecule has 1 atom stereocenters. The van der Waals surface area contributed by atoms with Crippen molar-refractivity contribution in [3.63, 3.8) is 0 Å². The molecular formula is C10H21N. The van der Waals surface area contributed by atoms with E-state index < -0.39 is 0 Å². The summed E-state index contributed by atoms with van der Waals surface area (Å²) in [5.41, 5.74) is 0.551. The van der Waals surface area contributed by atoms with E-state index >= 15 is 0 Å². The fraction of sp³-hybridized carbons (Fsp3) is 1.00. The lowest BCUT2D eigenvalue weighted by Gasteiger charge is -2.27. The Hall–Kier alpha value is -0.0400. The molecule has 0 heterocycles. The molecule has 1 aliphatic carbocycles. The van der Waals surface area contributed by atoms with Crippen LogP contribution in [0.2, 0.25) is 0 Å². The van der Waals surface area contributed by atoms with Crippen LogP contribution in [-0.2, 0) is 0 Å². The van der Waals surface area contributed by atoms with Crippen molar-refractivity contribution in [2.24, 2.45) is 5.41 Å². The van der Waals surface area contributed by atoms with Crippen LogP contribution in [0.1, 0.15) is 46.5 Å². The smallest absolute Gasteiger partial charge is 0.0118 e. The van der Waals surface area contributed by atoms with Gasteiger partial charge in [0.1, 0.15) is 0 Å². The van der Waals surface area contributed by atoms with Crippen molar-refractivity contribution >= 4 is 0 Å². The van der Waals surface area contributed by atoms with Crippen molar-refractivity contribution < 1.29 is 0 Å². The molecule has 1 aliphatic rings. The van der Waals surface area contributed by atoms with E-state index in [-0.39, 0.29) is 0 Å². The molecule has 1 unspecified atom stereocenters. The second-order valence-electron chi connectivity index (χ2n) is 4.39. The molecule has 11 heavy (non-hydrogen) atoms. The lowest BCUT2D eigenvalue weighted by molar-refractivity contribution is 0.284. The van der Waals surface area contributed by atoms with Gasteiger partial charge < -0.3 is 5.32 Å². The van der Waals surface area contributed by atoms with Gasteiger partial charge in [-0.1, -0.05) is 27.2 Å². The zero-order valence-electron chi connectivity index (χ0n) is 8.11. The summed E-state index contributed by atoms with van der Waals surface area (Å²) in [5, 5.41) is 3.62. The standard InChI is InChI=1S/C10H21N/c1-4-8-11-9-6-5-7-10(9,2)3/h9,11H,4-8H2,1-3H3. The monoisotopic (exact) mass is 155 g/mol. The summed E-state index contributed by atoms with van der Waals surface area (Å²) < 4.78 is 0. The van der Waals surface area contributed by atoms with Gasteiger partial charge in [0.25, 0.3) is 0 Å².